The second-order valence-corrected chi connectivity index (χ2v) is 5.75. The summed E-state index contributed by atoms with van der Waals surface area (Å²) in [6.45, 7) is 6.89. The van der Waals surface area contributed by atoms with Gasteiger partial charge in [0.15, 0.2) is 0 Å². The molecule has 1 aromatic carbocycles. The Balaban J connectivity index is 2.07. The number of rotatable bonds is 5. The zero-order valence-electron chi connectivity index (χ0n) is 12.9. The second-order valence-electron chi connectivity index (χ2n) is 5.75. The Morgan fingerprint density at radius 3 is 2.55 bits per heavy atom. The van der Waals surface area contributed by atoms with Crippen molar-refractivity contribution < 1.29 is 4.74 Å². The van der Waals surface area contributed by atoms with Gasteiger partial charge in [0.25, 0.3) is 0 Å². The standard InChI is InChI=1S/C16H27N3O/c1-13-11-19(9-8-18(13)2)16(10-17)15-6-4-14(5-7-15)12-20-3/h4-7,13,16H,8-12,17H2,1-3H3. The van der Waals surface area contributed by atoms with Gasteiger partial charge in [-0.2, -0.15) is 0 Å². The Kier molecular flexibility index (Phi) is 5.54. The third-order valence-electron chi connectivity index (χ3n) is 4.33. The van der Waals surface area contributed by atoms with Crippen LogP contribution in [-0.4, -0.2) is 56.2 Å². The smallest absolute Gasteiger partial charge is 0.0713 e. The molecule has 0 amide bonds. The van der Waals surface area contributed by atoms with Crippen LogP contribution in [0.25, 0.3) is 0 Å². The van der Waals surface area contributed by atoms with Crippen LogP contribution in [0, 0.1) is 0 Å². The highest BCUT2D eigenvalue weighted by Gasteiger charge is 2.26. The number of hydrogen-bond donors (Lipinski definition) is 1. The fourth-order valence-corrected chi connectivity index (χ4v) is 2.86. The van der Waals surface area contributed by atoms with Gasteiger partial charge in [-0.3, -0.25) is 4.90 Å². The average molecular weight is 277 g/mol. The fraction of sp³-hybridized carbons (Fsp3) is 0.625. The Bertz CT molecular complexity index is 407. The third-order valence-corrected chi connectivity index (χ3v) is 4.33. The number of piperazine rings is 1. The van der Waals surface area contributed by atoms with Crippen LogP contribution < -0.4 is 5.73 Å². The zero-order chi connectivity index (χ0) is 14.5. The van der Waals surface area contributed by atoms with Crippen molar-refractivity contribution in [2.45, 2.75) is 25.6 Å². The number of methoxy groups -OCH3 is 1. The molecule has 0 aliphatic carbocycles. The number of hydrogen-bond acceptors (Lipinski definition) is 4. The lowest BCUT2D eigenvalue weighted by molar-refractivity contribution is 0.0741. The summed E-state index contributed by atoms with van der Waals surface area (Å²) in [5.74, 6) is 0. The minimum atomic E-state index is 0.322. The summed E-state index contributed by atoms with van der Waals surface area (Å²) in [5.41, 5.74) is 8.55. The molecule has 1 heterocycles. The molecule has 2 rings (SSSR count). The molecular formula is C16H27N3O. The minimum Gasteiger partial charge on any atom is -0.380 e. The summed E-state index contributed by atoms with van der Waals surface area (Å²) in [7, 11) is 3.92. The topological polar surface area (TPSA) is 41.7 Å². The predicted octanol–water partition coefficient (Wildman–Crippen LogP) is 1.47. The van der Waals surface area contributed by atoms with Crippen LogP contribution in [-0.2, 0) is 11.3 Å². The van der Waals surface area contributed by atoms with Crippen LogP contribution in [0.15, 0.2) is 24.3 Å². The van der Waals surface area contributed by atoms with Crippen LogP contribution in [0.2, 0.25) is 0 Å². The number of benzene rings is 1. The Morgan fingerprint density at radius 2 is 2.00 bits per heavy atom. The maximum Gasteiger partial charge on any atom is 0.0713 e. The van der Waals surface area contributed by atoms with E-state index in [1.807, 2.05) is 0 Å². The first kappa shape index (κ1) is 15.4. The molecule has 112 valence electrons. The van der Waals surface area contributed by atoms with Crippen molar-refractivity contribution in [1.29, 1.82) is 0 Å². The Morgan fingerprint density at radius 1 is 1.30 bits per heavy atom. The van der Waals surface area contributed by atoms with Gasteiger partial charge in [0.05, 0.1) is 6.61 Å². The van der Waals surface area contributed by atoms with Crippen LogP contribution in [0.5, 0.6) is 0 Å². The molecule has 1 aliphatic rings. The number of nitrogens with zero attached hydrogens (tertiary/aromatic N) is 2. The van der Waals surface area contributed by atoms with Crippen LogP contribution in [0.1, 0.15) is 24.1 Å². The van der Waals surface area contributed by atoms with Gasteiger partial charge in [-0.15, -0.1) is 0 Å². The highest BCUT2D eigenvalue weighted by Crippen LogP contribution is 2.23. The molecule has 4 nitrogen and oxygen atoms in total. The maximum atomic E-state index is 6.03. The minimum absolute atomic E-state index is 0.322. The van der Waals surface area contributed by atoms with E-state index in [9.17, 15) is 0 Å². The zero-order valence-corrected chi connectivity index (χ0v) is 12.9. The van der Waals surface area contributed by atoms with Crippen molar-refractivity contribution in [3.8, 4) is 0 Å². The third kappa shape index (κ3) is 3.58. The van der Waals surface area contributed by atoms with E-state index in [0.29, 0.717) is 25.2 Å². The van der Waals surface area contributed by atoms with E-state index in [4.69, 9.17) is 10.5 Å². The van der Waals surface area contributed by atoms with Gasteiger partial charge in [0.2, 0.25) is 0 Å². The molecule has 2 unspecified atom stereocenters. The van der Waals surface area contributed by atoms with E-state index in [1.165, 1.54) is 11.1 Å². The van der Waals surface area contributed by atoms with Crippen molar-refractivity contribution >= 4 is 0 Å². The summed E-state index contributed by atoms with van der Waals surface area (Å²) < 4.78 is 5.16. The summed E-state index contributed by atoms with van der Waals surface area (Å²) in [5, 5.41) is 0. The molecule has 2 atom stereocenters. The van der Waals surface area contributed by atoms with Crippen LogP contribution >= 0.6 is 0 Å². The van der Waals surface area contributed by atoms with Crippen molar-refractivity contribution in [3.63, 3.8) is 0 Å². The molecule has 0 aromatic heterocycles. The van der Waals surface area contributed by atoms with Gasteiger partial charge in [-0.1, -0.05) is 24.3 Å². The first-order chi connectivity index (χ1) is 9.65. The summed E-state index contributed by atoms with van der Waals surface area (Å²) >= 11 is 0. The number of ether oxygens (including phenoxy) is 1. The molecule has 0 spiro atoms. The Labute approximate surface area is 122 Å². The molecule has 0 bridgehead atoms. The monoisotopic (exact) mass is 277 g/mol. The molecule has 1 aromatic rings. The van der Waals surface area contributed by atoms with Gasteiger partial charge in [0, 0.05) is 45.4 Å². The number of nitrogens with two attached hydrogens (primary N) is 1. The SMILES string of the molecule is COCc1ccc(C(CN)N2CCN(C)C(C)C2)cc1. The second kappa shape index (κ2) is 7.18. The quantitative estimate of drug-likeness (QED) is 0.885. The van der Waals surface area contributed by atoms with E-state index in [1.54, 1.807) is 7.11 Å². The Hall–Kier alpha value is -0.940. The molecule has 0 radical (unpaired) electrons. The van der Waals surface area contributed by atoms with Gasteiger partial charge >= 0.3 is 0 Å². The summed E-state index contributed by atoms with van der Waals surface area (Å²) in [4.78, 5) is 4.92. The predicted molar refractivity (Wildman–Crippen MR) is 82.6 cm³/mol. The molecule has 1 fully saturated rings. The summed E-state index contributed by atoms with van der Waals surface area (Å²) in [6, 6.07) is 9.57. The summed E-state index contributed by atoms with van der Waals surface area (Å²) in [6.07, 6.45) is 0. The fourth-order valence-electron chi connectivity index (χ4n) is 2.86. The average Bonchev–Trinajstić information content (AvgIpc) is 2.46. The van der Waals surface area contributed by atoms with Crippen molar-refractivity contribution in [2.24, 2.45) is 5.73 Å². The highest BCUT2D eigenvalue weighted by molar-refractivity contribution is 5.25. The van der Waals surface area contributed by atoms with Gasteiger partial charge in [0.1, 0.15) is 0 Å². The van der Waals surface area contributed by atoms with Gasteiger partial charge < -0.3 is 15.4 Å². The van der Waals surface area contributed by atoms with Crippen molar-refractivity contribution in [3.05, 3.63) is 35.4 Å². The van der Waals surface area contributed by atoms with E-state index in [-0.39, 0.29) is 0 Å². The number of likely N-dealkylation sites (N-methyl/N-ethyl adjacent to an activating group) is 1. The molecule has 4 heteroatoms. The van der Waals surface area contributed by atoms with E-state index in [2.05, 4.69) is 48.0 Å². The van der Waals surface area contributed by atoms with Crippen molar-refractivity contribution in [1.82, 2.24) is 9.80 Å². The van der Waals surface area contributed by atoms with Gasteiger partial charge in [-0.25, -0.2) is 0 Å². The molecule has 2 N–H and O–H groups in total. The van der Waals surface area contributed by atoms with Crippen molar-refractivity contribution in [2.75, 3.05) is 40.3 Å². The molecule has 1 saturated heterocycles. The maximum absolute atomic E-state index is 6.03. The normalized spacial score (nSPS) is 22.9. The van der Waals surface area contributed by atoms with E-state index in [0.717, 1.165) is 19.6 Å². The van der Waals surface area contributed by atoms with Gasteiger partial charge in [-0.05, 0) is 25.1 Å². The van der Waals surface area contributed by atoms with E-state index >= 15 is 0 Å². The molecular weight excluding hydrogens is 250 g/mol. The first-order valence-corrected chi connectivity index (χ1v) is 7.37. The highest BCUT2D eigenvalue weighted by atomic mass is 16.5. The van der Waals surface area contributed by atoms with Crippen LogP contribution in [0.4, 0.5) is 0 Å². The lowest BCUT2D eigenvalue weighted by Gasteiger charge is -2.41. The first-order valence-electron chi connectivity index (χ1n) is 7.37. The molecule has 0 saturated carbocycles. The lowest BCUT2D eigenvalue weighted by Crippen LogP contribution is -2.52. The molecule has 20 heavy (non-hydrogen) atoms. The molecule has 1 aliphatic heterocycles. The lowest BCUT2D eigenvalue weighted by atomic mass is 10.0. The van der Waals surface area contributed by atoms with E-state index < -0.39 is 0 Å². The van der Waals surface area contributed by atoms with Crippen LogP contribution in [0.3, 0.4) is 0 Å². The largest absolute Gasteiger partial charge is 0.380 e.